The molecule has 0 unspecified atom stereocenters. The summed E-state index contributed by atoms with van der Waals surface area (Å²) in [5.74, 6) is 1.58. The number of hydrogen-bond donors (Lipinski definition) is 0. The third kappa shape index (κ3) is 5.64. The van der Waals surface area contributed by atoms with Gasteiger partial charge in [0.05, 0.1) is 16.3 Å². The van der Waals surface area contributed by atoms with E-state index in [4.69, 9.17) is 37.2 Å². The van der Waals surface area contributed by atoms with Crippen molar-refractivity contribution in [3.8, 4) is 5.75 Å². The van der Waals surface area contributed by atoms with Gasteiger partial charge in [-0.3, -0.25) is 0 Å². The molecule has 9 heteroatoms. The van der Waals surface area contributed by atoms with Gasteiger partial charge < -0.3 is 14.0 Å². The van der Waals surface area contributed by atoms with E-state index in [0.717, 1.165) is 4.90 Å². The van der Waals surface area contributed by atoms with E-state index in [1.54, 1.807) is 37.3 Å². The lowest BCUT2D eigenvalue weighted by Crippen LogP contribution is -2.13. The minimum absolute atomic E-state index is 0.0830. The second-order valence-corrected chi connectivity index (χ2v) is 7.44. The quantitative estimate of drug-likeness (QED) is 0.271. The molecule has 0 aliphatic rings. The van der Waals surface area contributed by atoms with Crippen molar-refractivity contribution in [1.82, 2.24) is 10.1 Å². The minimum atomic E-state index is -0.435. The lowest BCUT2D eigenvalue weighted by atomic mass is 10.2. The monoisotopic (exact) mass is 438 g/mol. The molecule has 3 rings (SSSR count). The number of hydrogen-bond acceptors (Lipinski definition) is 7. The number of carbonyl (C=O) groups excluding carboxylic acids is 1. The Balaban J connectivity index is 1.52. The molecule has 6 nitrogen and oxygen atoms in total. The predicted molar refractivity (Wildman–Crippen MR) is 107 cm³/mol. The summed E-state index contributed by atoms with van der Waals surface area (Å²) in [5.41, 5.74) is 0.466. The number of aryl methyl sites for hydroxylation is 1. The van der Waals surface area contributed by atoms with Gasteiger partial charge in [-0.1, -0.05) is 40.5 Å². The van der Waals surface area contributed by atoms with Gasteiger partial charge in [0.2, 0.25) is 5.89 Å². The lowest BCUT2D eigenvalue weighted by molar-refractivity contribution is 0.0446. The highest BCUT2D eigenvalue weighted by Gasteiger charge is 2.14. The summed E-state index contributed by atoms with van der Waals surface area (Å²) < 4.78 is 15.9. The average molecular weight is 439 g/mol. The fourth-order valence-electron chi connectivity index (χ4n) is 2.26. The van der Waals surface area contributed by atoms with Crippen LogP contribution < -0.4 is 4.74 Å². The first kappa shape index (κ1) is 20.5. The number of aromatic nitrogens is 2. The Morgan fingerprint density at radius 3 is 2.75 bits per heavy atom. The van der Waals surface area contributed by atoms with Crippen molar-refractivity contribution in [2.45, 2.75) is 17.6 Å². The van der Waals surface area contributed by atoms with Crippen LogP contribution in [0.15, 0.2) is 51.9 Å². The predicted octanol–water partition coefficient (Wildman–Crippen LogP) is 5.21. The second kappa shape index (κ2) is 9.82. The molecule has 0 bridgehead atoms. The van der Waals surface area contributed by atoms with E-state index >= 15 is 0 Å². The van der Waals surface area contributed by atoms with Crippen LogP contribution in [0.1, 0.15) is 22.1 Å². The number of halogens is 2. The fraction of sp³-hybridized carbons (Fsp3) is 0.211. The average Bonchev–Trinajstić information content (AvgIpc) is 3.10. The highest BCUT2D eigenvalue weighted by Crippen LogP contribution is 2.28. The number of thioether (sulfide) groups is 1. The minimum Gasteiger partial charge on any atom is -0.488 e. The van der Waals surface area contributed by atoms with Crippen molar-refractivity contribution in [2.24, 2.45) is 0 Å². The number of ether oxygens (including phenoxy) is 2. The molecule has 0 radical (unpaired) electrons. The summed E-state index contributed by atoms with van der Waals surface area (Å²) in [6.07, 6.45) is 0. The summed E-state index contributed by atoms with van der Waals surface area (Å²) in [7, 11) is 0. The number of benzene rings is 2. The first-order valence-electron chi connectivity index (χ1n) is 8.29. The molecule has 0 saturated carbocycles. The Labute approximate surface area is 176 Å². The van der Waals surface area contributed by atoms with Gasteiger partial charge in [-0.05, 0) is 37.3 Å². The van der Waals surface area contributed by atoms with E-state index in [0.29, 0.717) is 38.8 Å². The Bertz CT molecular complexity index is 965. The van der Waals surface area contributed by atoms with E-state index in [-0.39, 0.29) is 13.2 Å². The van der Waals surface area contributed by atoms with Gasteiger partial charge in [0.15, 0.2) is 5.82 Å². The van der Waals surface area contributed by atoms with Gasteiger partial charge in [0.25, 0.3) is 0 Å². The van der Waals surface area contributed by atoms with Gasteiger partial charge in [-0.25, -0.2) is 4.79 Å². The van der Waals surface area contributed by atoms with Crippen LogP contribution >= 0.6 is 35.0 Å². The van der Waals surface area contributed by atoms with Gasteiger partial charge in [0, 0.05) is 9.92 Å². The van der Waals surface area contributed by atoms with Crippen molar-refractivity contribution in [1.29, 1.82) is 0 Å². The standard InChI is InChI=1S/C19H16Cl2N2O4S/c1-12-22-18(27-23-12)11-28-17-5-3-2-4-14(17)19(24)26-9-8-25-16-7-6-13(20)10-15(16)21/h2-7,10H,8-9,11H2,1H3. The van der Waals surface area contributed by atoms with Crippen LogP contribution in [0.4, 0.5) is 0 Å². The van der Waals surface area contributed by atoms with E-state index in [2.05, 4.69) is 10.1 Å². The maximum absolute atomic E-state index is 12.4. The molecular weight excluding hydrogens is 423 g/mol. The summed E-state index contributed by atoms with van der Waals surface area (Å²) in [6, 6.07) is 12.1. The van der Waals surface area contributed by atoms with Crippen LogP contribution in [-0.2, 0) is 10.5 Å². The van der Waals surface area contributed by atoms with E-state index < -0.39 is 5.97 Å². The molecule has 2 aromatic carbocycles. The fourth-order valence-corrected chi connectivity index (χ4v) is 3.60. The highest BCUT2D eigenvalue weighted by atomic mass is 35.5. The molecule has 0 saturated heterocycles. The summed E-state index contributed by atoms with van der Waals surface area (Å²) in [4.78, 5) is 17.3. The zero-order valence-electron chi connectivity index (χ0n) is 14.9. The largest absolute Gasteiger partial charge is 0.488 e. The molecule has 28 heavy (non-hydrogen) atoms. The van der Waals surface area contributed by atoms with Gasteiger partial charge in [-0.2, -0.15) is 4.98 Å². The number of nitrogens with zero attached hydrogens (tertiary/aromatic N) is 2. The second-order valence-electron chi connectivity index (χ2n) is 5.58. The van der Waals surface area contributed by atoms with E-state index in [1.807, 2.05) is 12.1 Å². The Kier molecular flexibility index (Phi) is 7.19. The van der Waals surface area contributed by atoms with Gasteiger partial charge >= 0.3 is 5.97 Å². The molecule has 0 amide bonds. The Morgan fingerprint density at radius 2 is 2.00 bits per heavy atom. The normalized spacial score (nSPS) is 10.7. The summed E-state index contributed by atoms with van der Waals surface area (Å²) >= 11 is 13.3. The molecule has 0 N–H and O–H groups in total. The Morgan fingerprint density at radius 1 is 1.18 bits per heavy atom. The number of carbonyl (C=O) groups is 1. The number of rotatable bonds is 8. The van der Waals surface area contributed by atoms with Gasteiger partial charge in [-0.15, -0.1) is 11.8 Å². The molecule has 0 atom stereocenters. The molecule has 1 aromatic heterocycles. The van der Waals surface area contributed by atoms with Crippen molar-refractivity contribution >= 4 is 40.9 Å². The molecule has 0 fully saturated rings. The van der Waals surface area contributed by atoms with Gasteiger partial charge in [0.1, 0.15) is 19.0 Å². The van der Waals surface area contributed by atoms with Crippen molar-refractivity contribution in [3.05, 3.63) is 69.8 Å². The molecular formula is C19H16Cl2N2O4S. The topological polar surface area (TPSA) is 74.5 Å². The maximum Gasteiger partial charge on any atom is 0.339 e. The Hall–Kier alpha value is -2.22. The van der Waals surface area contributed by atoms with Crippen molar-refractivity contribution in [3.63, 3.8) is 0 Å². The lowest BCUT2D eigenvalue weighted by Gasteiger charge is -2.10. The zero-order chi connectivity index (χ0) is 19.9. The zero-order valence-corrected chi connectivity index (χ0v) is 17.2. The molecule has 0 aliphatic carbocycles. The number of esters is 1. The third-order valence-electron chi connectivity index (χ3n) is 3.50. The molecule has 3 aromatic rings. The van der Waals surface area contributed by atoms with E-state index in [9.17, 15) is 4.79 Å². The highest BCUT2D eigenvalue weighted by molar-refractivity contribution is 7.98. The van der Waals surface area contributed by atoms with Crippen LogP contribution in [0.3, 0.4) is 0 Å². The van der Waals surface area contributed by atoms with Crippen LogP contribution in [0.25, 0.3) is 0 Å². The van der Waals surface area contributed by atoms with Crippen molar-refractivity contribution in [2.75, 3.05) is 13.2 Å². The first-order chi connectivity index (χ1) is 13.5. The van der Waals surface area contributed by atoms with Crippen molar-refractivity contribution < 1.29 is 18.8 Å². The first-order valence-corrected chi connectivity index (χ1v) is 10.0. The summed E-state index contributed by atoms with van der Waals surface area (Å²) in [5, 5.41) is 4.67. The smallest absolute Gasteiger partial charge is 0.339 e. The molecule has 146 valence electrons. The van der Waals surface area contributed by atoms with Crippen LogP contribution in [0.5, 0.6) is 5.75 Å². The molecule has 0 spiro atoms. The molecule has 0 aliphatic heterocycles. The van der Waals surface area contributed by atoms with Crippen LogP contribution in [-0.4, -0.2) is 29.3 Å². The maximum atomic E-state index is 12.4. The van der Waals surface area contributed by atoms with E-state index in [1.165, 1.54) is 11.8 Å². The third-order valence-corrected chi connectivity index (χ3v) is 5.08. The SMILES string of the molecule is Cc1noc(CSc2ccccc2C(=O)OCCOc2ccc(Cl)cc2Cl)n1. The van der Waals surface area contributed by atoms with Crippen LogP contribution in [0.2, 0.25) is 10.0 Å². The van der Waals surface area contributed by atoms with Crippen LogP contribution in [0, 0.1) is 6.92 Å². The molecule has 1 heterocycles. The summed E-state index contributed by atoms with van der Waals surface area (Å²) in [6.45, 7) is 2.01.